The summed E-state index contributed by atoms with van der Waals surface area (Å²) in [5.74, 6) is 1.01. The van der Waals surface area contributed by atoms with Crippen LogP contribution in [0.5, 0.6) is 0 Å². The van der Waals surface area contributed by atoms with E-state index < -0.39 is 0 Å². The summed E-state index contributed by atoms with van der Waals surface area (Å²) in [6, 6.07) is 5.54. The van der Waals surface area contributed by atoms with Gasteiger partial charge in [-0.15, -0.1) is 0 Å². The Morgan fingerprint density at radius 3 is 2.58 bits per heavy atom. The molecule has 0 saturated carbocycles. The molecular weight excluding hydrogens is 306 g/mol. The first-order valence-corrected chi connectivity index (χ1v) is 7.32. The molecule has 3 nitrogen and oxygen atoms in total. The van der Waals surface area contributed by atoms with E-state index in [9.17, 15) is 4.79 Å². The molecule has 0 fully saturated rings. The molecule has 1 N–H and O–H groups in total. The SMILES string of the molecule is COC(=O)c1ccc(CNC[C@H](C)C(C)C)c(Br)c1. The molecule has 19 heavy (non-hydrogen) atoms. The van der Waals surface area contributed by atoms with Crippen molar-refractivity contribution in [3.63, 3.8) is 0 Å². The van der Waals surface area contributed by atoms with Gasteiger partial charge in [0.1, 0.15) is 0 Å². The Morgan fingerprint density at radius 2 is 2.05 bits per heavy atom. The molecule has 106 valence electrons. The van der Waals surface area contributed by atoms with Crippen molar-refractivity contribution in [1.82, 2.24) is 5.32 Å². The molecule has 0 aliphatic heterocycles. The average molecular weight is 328 g/mol. The Labute approximate surface area is 123 Å². The van der Waals surface area contributed by atoms with Gasteiger partial charge in [-0.2, -0.15) is 0 Å². The number of benzene rings is 1. The minimum atomic E-state index is -0.311. The van der Waals surface area contributed by atoms with Crippen LogP contribution in [0.15, 0.2) is 22.7 Å². The zero-order valence-corrected chi connectivity index (χ0v) is 13.6. The van der Waals surface area contributed by atoms with E-state index in [0.29, 0.717) is 17.4 Å². The first kappa shape index (κ1) is 16.2. The van der Waals surface area contributed by atoms with E-state index in [1.165, 1.54) is 7.11 Å². The first-order valence-electron chi connectivity index (χ1n) is 6.53. The number of rotatable bonds is 6. The lowest BCUT2D eigenvalue weighted by atomic mass is 9.98. The van der Waals surface area contributed by atoms with Gasteiger partial charge < -0.3 is 10.1 Å². The second-order valence-corrected chi connectivity index (χ2v) is 6.00. The second-order valence-electron chi connectivity index (χ2n) is 5.15. The van der Waals surface area contributed by atoms with Crippen LogP contribution in [0.4, 0.5) is 0 Å². The van der Waals surface area contributed by atoms with Gasteiger partial charge in [-0.3, -0.25) is 0 Å². The van der Waals surface area contributed by atoms with Crippen LogP contribution < -0.4 is 5.32 Å². The molecule has 0 radical (unpaired) electrons. The highest BCUT2D eigenvalue weighted by atomic mass is 79.9. The van der Waals surface area contributed by atoms with E-state index in [1.54, 1.807) is 12.1 Å². The predicted molar refractivity (Wildman–Crippen MR) is 81.2 cm³/mol. The Hall–Kier alpha value is -0.870. The number of carbonyl (C=O) groups is 1. The minimum absolute atomic E-state index is 0.311. The van der Waals surface area contributed by atoms with Crippen molar-refractivity contribution in [2.24, 2.45) is 11.8 Å². The van der Waals surface area contributed by atoms with Crippen LogP contribution in [0.25, 0.3) is 0 Å². The summed E-state index contributed by atoms with van der Waals surface area (Å²) in [6.07, 6.45) is 0. The highest BCUT2D eigenvalue weighted by molar-refractivity contribution is 9.10. The van der Waals surface area contributed by atoms with Crippen molar-refractivity contribution in [2.75, 3.05) is 13.7 Å². The molecule has 0 saturated heterocycles. The Bertz CT molecular complexity index is 432. The summed E-state index contributed by atoms with van der Waals surface area (Å²) < 4.78 is 5.63. The molecular formula is C15H22BrNO2. The monoisotopic (exact) mass is 327 g/mol. The minimum Gasteiger partial charge on any atom is -0.465 e. The Morgan fingerprint density at radius 1 is 1.37 bits per heavy atom. The standard InChI is InChI=1S/C15H22BrNO2/c1-10(2)11(3)8-17-9-13-6-5-12(7-14(13)16)15(18)19-4/h5-7,10-11,17H,8-9H2,1-4H3/t11-/m0/s1. The molecule has 1 aromatic rings. The summed E-state index contributed by atoms with van der Waals surface area (Å²) in [6.45, 7) is 8.48. The zero-order chi connectivity index (χ0) is 14.4. The molecule has 0 heterocycles. The Kier molecular flexibility index (Phi) is 6.52. The number of hydrogen-bond acceptors (Lipinski definition) is 3. The van der Waals surface area contributed by atoms with Crippen molar-refractivity contribution in [1.29, 1.82) is 0 Å². The Balaban J connectivity index is 2.58. The van der Waals surface area contributed by atoms with E-state index in [4.69, 9.17) is 4.74 Å². The van der Waals surface area contributed by atoms with Gasteiger partial charge in [0.2, 0.25) is 0 Å². The quantitative estimate of drug-likeness (QED) is 0.811. The van der Waals surface area contributed by atoms with Crippen molar-refractivity contribution in [3.05, 3.63) is 33.8 Å². The van der Waals surface area contributed by atoms with Crippen molar-refractivity contribution in [3.8, 4) is 0 Å². The fourth-order valence-corrected chi connectivity index (χ4v) is 2.12. The van der Waals surface area contributed by atoms with E-state index in [2.05, 4.69) is 42.0 Å². The van der Waals surface area contributed by atoms with E-state index in [1.807, 2.05) is 6.07 Å². The van der Waals surface area contributed by atoms with Gasteiger partial charge in [-0.1, -0.05) is 42.8 Å². The van der Waals surface area contributed by atoms with Gasteiger partial charge in [0.05, 0.1) is 12.7 Å². The number of methoxy groups -OCH3 is 1. The maximum Gasteiger partial charge on any atom is 0.337 e. The van der Waals surface area contributed by atoms with E-state index in [0.717, 1.165) is 23.1 Å². The number of hydrogen-bond donors (Lipinski definition) is 1. The maximum atomic E-state index is 11.4. The summed E-state index contributed by atoms with van der Waals surface area (Å²) >= 11 is 3.49. The highest BCUT2D eigenvalue weighted by Crippen LogP contribution is 2.19. The van der Waals surface area contributed by atoms with Crippen LogP contribution >= 0.6 is 15.9 Å². The molecule has 0 aliphatic carbocycles. The van der Waals surface area contributed by atoms with Crippen LogP contribution in [0.1, 0.15) is 36.7 Å². The smallest absolute Gasteiger partial charge is 0.337 e. The largest absolute Gasteiger partial charge is 0.465 e. The summed E-state index contributed by atoms with van der Waals surface area (Å²) in [5.41, 5.74) is 1.71. The number of carbonyl (C=O) groups excluding carboxylic acids is 1. The highest BCUT2D eigenvalue weighted by Gasteiger charge is 2.09. The van der Waals surface area contributed by atoms with Crippen LogP contribution in [0.3, 0.4) is 0 Å². The summed E-state index contributed by atoms with van der Waals surface area (Å²) in [5, 5.41) is 3.44. The summed E-state index contributed by atoms with van der Waals surface area (Å²) in [4.78, 5) is 11.4. The molecule has 0 amide bonds. The third-order valence-electron chi connectivity index (χ3n) is 3.39. The lowest BCUT2D eigenvalue weighted by molar-refractivity contribution is 0.0600. The van der Waals surface area contributed by atoms with Crippen LogP contribution in [0.2, 0.25) is 0 Å². The van der Waals surface area contributed by atoms with Gasteiger partial charge in [0.25, 0.3) is 0 Å². The second kappa shape index (κ2) is 7.65. The third kappa shape index (κ3) is 4.96. The fraction of sp³-hybridized carbons (Fsp3) is 0.533. The van der Waals surface area contributed by atoms with Crippen molar-refractivity contribution < 1.29 is 9.53 Å². The molecule has 1 rings (SSSR count). The average Bonchev–Trinajstić information content (AvgIpc) is 2.39. The topological polar surface area (TPSA) is 38.3 Å². The van der Waals surface area contributed by atoms with Gasteiger partial charge >= 0.3 is 5.97 Å². The predicted octanol–water partition coefficient (Wildman–Crippen LogP) is 3.62. The molecule has 1 aromatic carbocycles. The molecule has 4 heteroatoms. The molecule has 1 atom stereocenters. The van der Waals surface area contributed by atoms with Crippen LogP contribution in [-0.4, -0.2) is 19.6 Å². The van der Waals surface area contributed by atoms with Gasteiger partial charge in [-0.05, 0) is 36.1 Å². The van der Waals surface area contributed by atoms with Gasteiger partial charge in [0, 0.05) is 11.0 Å². The molecule has 0 aromatic heterocycles. The lowest BCUT2D eigenvalue weighted by Crippen LogP contribution is -2.24. The molecule has 0 bridgehead atoms. The number of nitrogens with one attached hydrogen (secondary N) is 1. The summed E-state index contributed by atoms with van der Waals surface area (Å²) in [7, 11) is 1.39. The zero-order valence-electron chi connectivity index (χ0n) is 12.0. The third-order valence-corrected chi connectivity index (χ3v) is 4.13. The lowest BCUT2D eigenvalue weighted by Gasteiger charge is -2.16. The normalized spacial score (nSPS) is 12.5. The van der Waals surface area contributed by atoms with Crippen LogP contribution in [-0.2, 0) is 11.3 Å². The van der Waals surface area contributed by atoms with E-state index >= 15 is 0 Å². The van der Waals surface area contributed by atoms with Crippen molar-refractivity contribution in [2.45, 2.75) is 27.3 Å². The molecule has 0 spiro atoms. The van der Waals surface area contributed by atoms with Gasteiger partial charge in [0.15, 0.2) is 0 Å². The number of esters is 1. The van der Waals surface area contributed by atoms with E-state index in [-0.39, 0.29) is 5.97 Å². The maximum absolute atomic E-state index is 11.4. The first-order chi connectivity index (χ1) is 8.95. The fourth-order valence-electron chi connectivity index (χ4n) is 1.61. The molecule has 0 aliphatic rings. The van der Waals surface area contributed by atoms with Crippen molar-refractivity contribution >= 4 is 21.9 Å². The molecule has 0 unspecified atom stereocenters. The number of halogens is 1. The van der Waals surface area contributed by atoms with Gasteiger partial charge in [-0.25, -0.2) is 4.79 Å². The number of ether oxygens (including phenoxy) is 1. The van der Waals surface area contributed by atoms with Crippen LogP contribution in [0, 0.1) is 11.8 Å².